The molecule has 1 rings (SSSR count). The molecule has 0 saturated heterocycles. The first kappa shape index (κ1) is 15.8. The van der Waals surface area contributed by atoms with Gasteiger partial charge in [0.2, 0.25) is 5.75 Å². The summed E-state index contributed by atoms with van der Waals surface area (Å²) in [5.74, 6) is -0.826. The molecule has 110 valence electrons. The minimum Gasteiger partial charge on any atom is -0.493 e. The molecule has 0 aliphatic rings. The molecule has 0 spiro atoms. The number of carboxylic acid groups (broad SMARTS) is 1. The maximum Gasteiger partial charge on any atom is 0.304 e. The Morgan fingerprint density at radius 1 is 1.10 bits per heavy atom. The fraction of sp³-hybridized carbons (Fsp3) is 0.429. The largest absolute Gasteiger partial charge is 0.493 e. The highest BCUT2D eigenvalue weighted by Crippen LogP contribution is 2.38. The second kappa shape index (κ2) is 6.79. The molecule has 6 nitrogen and oxygen atoms in total. The van der Waals surface area contributed by atoms with Gasteiger partial charge in [0.15, 0.2) is 17.3 Å². The zero-order valence-electron chi connectivity index (χ0n) is 11.9. The number of carbonyl (C=O) groups excluding carboxylic acids is 1. The van der Waals surface area contributed by atoms with Gasteiger partial charge in [-0.1, -0.05) is 6.92 Å². The number of rotatable bonds is 7. The number of aliphatic carboxylic acids is 1. The zero-order chi connectivity index (χ0) is 15.3. The van der Waals surface area contributed by atoms with Crippen LogP contribution in [0.1, 0.15) is 23.7 Å². The predicted molar refractivity (Wildman–Crippen MR) is 71.8 cm³/mol. The third-order valence-electron chi connectivity index (χ3n) is 2.88. The molecule has 0 heterocycles. The normalized spacial score (nSPS) is 11.6. The van der Waals surface area contributed by atoms with Gasteiger partial charge in [0.1, 0.15) is 0 Å². The molecule has 0 bridgehead atoms. The van der Waals surface area contributed by atoms with E-state index in [4.69, 9.17) is 19.3 Å². The highest BCUT2D eigenvalue weighted by atomic mass is 16.5. The van der Waals surface area contributed by atoms with Crippen molar-refractivity contribution in [3.8, 4) is 17.2 Å². The number of hydrogen-bond donors (Lipinski definition) is 1. The number of Topliss-reactive ketones (excluding diaryl/α,β-unsaturated/α-hetero) is 1. The van der Waals surface area contributed by atoms with E-state index in [1.165, 1.54) is 33.5 Å². The van der Waals surface area contributed by atoms with Crippen LogP contribution >= 0.6 is 0 Å². The Morgan fingerprint density at radius 2 is 1.60 bits per heavy atom. The van der Waals surface area contributed by atoms with Crippen LogP contribution in [0.25, 0.3) is 0 Å². The van der Waals surface area contributed by atoms with Gasteiger partial charge in [0, 0.05) is 11.5 Å². The number of methoxy groups -OCH3 is 3. The first-order valence-corrected chi connectivity index (χ1v) is 6.00. The number of ketones is 1. The van der Waals surface area contributed by atoms with Crippen molar-refractivity contribution in [2.45, 2.75) is 13.3 Å². The van der Waals surface area contributed by atoms with Crippen LogP contribution in [0.3, 0.4) is 0 Å². The van der Waals surface area contributed by atoms with E-state index in [1.54, 1.807) is 6.92 Å². The van der Waals surface area contributed by atoms with Crippen molar-refractivity contribution in [1.29, 1.82) is 0 Å². The fourth-order valence-corrected chi connectivity index (χ4v) is 1.86. The average Bonchev–Trinajstić information content (AvgIpc) is 2.43. The van der Waals surface area contributed by atoms with Gasteiger partial charge in [0.25, 0.3) is 0 Å². The Hall–Kier alpha value is -2.24. The first-order valence-electron chi connectivity index (χ1n) is 6.00. The Labute approximate surface area is 117 Å². The van der Waals surface area contributed by atoms with Crippen molar-refractivity contribution in [3.05, 3.63) is 17.7 Å². The maximum atomic E-state index is 12.2. The molecular weight excluding hydrogens is 264 g/mol. The number of carbonyl (C=O) groups is 2. The molecule has 1 aromatic rings. The third-order valence-corrected chi connectivity index (χ3v) is 2.88. The van der Waals surface area contributed by atoms with E-state index in [0.717, 1.165) is 0 Å². The smallest absolute Gasteiger partial charge is 0.304 e. The lowest BCUT2D eigenvalue weighted by atomic mass is 9.96. The Kier molecular flexibility index (Phi) is 5.37. The van der Waals surface area contributed by atoms with E-state index in [1.807, 2.05) is 0 Å². The molecule has 20 heavy (non-hydrogen) atoms. The topological polar surface area (TPSA) is 82.1 Å². The standard InChI is InChI=1S/C14H18O6/c1-8(5-12(15)16)13(17)9-6-10(18-2)14(20-4)11(7-9)19-3/h6-8H,5H2,1-4H3,(H,15,16). The average molecular weight is 282 g/mol. The summed E-state index contributed by atoms with van der Waals surface area (Å²) in [6.45, 7) is 1.57. The highest BCUT2D eigenvalue weighted by Gasteiger charge is 2.22. The van der Waals surface area contributed by atoms with Gasteiger partial charge < -0.3 is 19.3 Å². The van der Waals surface area contributed by atoms with Crippen LogP contribution in [0.4, 0.5) is 0 Å². The quantitative estimate of drug-likeness (QED) is 0.770. The van der Waals surface area contributed by atoms with Gasteiger partial charge >= 0.3 is 5.97 Å². The second-order valence-electron chi connectivity index (χ2n) is 4.28. The highest BCUT2D eigenvalue weighted by molar-refractivity contribution is 6.00. The molecule has 1 aromatic carbocycles. The summed E-state index contributed by atoms with van der Waals surface area (Å²) >= 11 is 0. The van der Waals surface area contributed by atoms with Crippen LogP contribution in [0.5, 0.6) is 17.2 Å². The monoisotopic (exact) mass is 282 g/mol. The summed E-state index contributed by atoms with van der Waals surface area (Å²) in [7, 11) is 4.37. The number of carboxylic acids is 1. The van der Waals surface area contributed by atoms with Crippen LogP contribution in [0.2, 0.25) is 0 Å². The van der Waals surface area contributed by atoms with E-state index < -0.39 is 11.9 Å². The van der Waals surface area contributed by atoms with Crippen LogP contribution in [0.15, 0.2) is 12.1 Å². The summed E-state index contributed by atoms with van der Waals surface area (Å²) < 4.78 is 15.5. The van der Waals surface area contributed by atoms with E-state index in [0.29, 0.717) is 22.8 Å². The van der Waals surface area contributed by atoms with Gasteiger partial charge in [-0.15, -0.1) is 0 Å². The van der Waals surface area contributed by atoms with Crippen molar-refractivity contribution in [2.24, 2.45) is 5.92 Å². The maximum absolute atomic E-state index is 12.2. The van der Waals surface area contributed by atoms with E-state index in [2.05, 4.69) is 0 Å². The van der Waals surface area contributed by atoms with Crippen molar-refractivity contribution in [3.63, 3.8) is 0 Å². The van der Waals surface area contributed by atoms with Crippen molar-refractivity contribution in [1.82, 2.24) is 0 Å². The van der Waals surface area contributed by atoms with E-state index in [-0.39, 0.29) is 12.2 Å². The Bertz CT molecular complexity index is 483. The summed E-state index contributed by atoms with van der Waals surface area (Å²) in [6.07, 6.45) is -0.227. The fourth-order valence-electron chi connectivity index (χ4n) is 1.86. The van der Waals surface area contributed by atoms with Gasteiger partial charge in [-0.2, -0.15) is 0 Å². The van der Waals surface area contributed by atoms with Crippen LogP contribution in [-0.4, -0.2) is 38.2 Å². The third kappa shape index (κ3) is 3.40. The van der Waals surface area contributed by atoms with Gasteiger partial charge in [-0.3, -0.25) is 9.59 Å². The second-order valence-corrected chi connectivity index (χ2v) is 4.28. The molecule has 0 amide bonds. The van der Waals surface area contributed by atoms with Crippen LogP contribution < -0.4 is 14.2 Å². The predicted octanol–water partition coefficient (Wildman–Crippen LogP) is 2.01. The zero-order valence-corrected chi connectivity index (χ0v) is 11.9. The van der Waals surface area contributed by atoms with Crippen LogP contribution in [0, 0.1) is 5.92 Å². The Morgan fingerprint density at radius 3 is 1.95 bits per heavy atom. The summed E-state index contributed by atoms with van der Waals surface area (Å²) in [5.41, 5.74) is 0.327. The molecule has 1 N–H and O–H groups in total. The number of benzene rings is 1. The lowest BCUT2D eigenvalue weighted by Gasteiger charge is -2.15. The summed E-state index contributed by atoms with van der Waals surface area (Å²) in [4.78, 5) is 22.9. The lowest BCUT2D eigenvalue weighted by molar-refractivity contribution is -0.137. The van der Waals surface area contributed by atoms with Gasteiger partial charge in [-0.25, -0.2) is 0 Å². The molecule has 0 radical (unpaired) electrons. The minimum atomic E-state index is -1.02. The van der Waals surface area contributed by atoms with E-state index in [9.17, 15) is 9.59 Å². The van der Waals surface area contributed by atoms with Gasteiger partial charge in [0.05, 0.1) is 27.8 Å². The summed E-state index contributed by atoms with van der Waals surface area (Å²) in [5, 5.41) is 8.74. The van der Waals surface area contributed by atoms with Gasteiger partial charge in [-0.05, 0) is 12.1 Å². The molecule has 0 aliphatic carbocycles. The number of ether oxygens (including phenoxy) is 3. The van der Waals surface area contributed by atoms with Crippen molar-refractivity contribution < 1.29 is 28.9 Å². The van der Waals surface area contributed by atoms with E-state index >= 15 is 0 Å². The van der Waals surface area contributed by atoms with Crippen molar-refractivity contribution >= 4 is 11.8 Å². The minimum absolute atomic E-state index is 0.227. The molecule has 0 aliphatic heterocycles. The molecule has 0 aromatic heterocycles. The van der Waals surface area contributed by atoms with Crippen molar-refractivity contribution in [2.75, 3.05) is 21.3 Å². The van der Waals surface area contributed by atoms with Crippen LogP contribution in [-0.2, 0) is 4.79 Å². The molecule has 1 atom stereocenters. The SMILES string of the molecule is COc1cc(C(=O)C(C)CC(=O)O)cc(OC)c1OC. The lowest BCUT2D eigenvalue weighted by Crippen LogP contribution is -2.15. The number of hydrogen-bond acceptors (Lipinski definition) is 5. The first-order chi connectivity index (χ1) is 9.44. The molecule has 0 fully saturated rings. The molecular formula is C14H18O6. The molecule has 0 saturated carbocycles. The Balaban J connectivity index is 3.18. The summed E-state index contributed by atoms with van der Waals surface area (Å²) in [6, 6.07) is 3.03. The molecule has 1 unspecified atom stereocenters. The molecule has 6 heteroatoms.